The Kier molecular flexibility index (Phi) is 5.21. The Hall–Kier alpha value is -2.17. The number of likely N-dealkylation sites (tertiary alicyclic amines) is 1. The highest BCUT2D eigenvalue weighted by Crippen LogP contribution is 2.42. The van der Waals surface area contributed by atoms with Gasteiger partial charge in [-0.2, -0.15) is 0 Å². The second kappa shape index (κ2) is 7.38. The number of carbonyl (C=O) groups is 3. The molecular weight excluding hydrogens is 316 g/mol. The highest BCUT2D eigenvalue weighted by molar-refractivity contribution is 6.00. The number of nitrogens with zero attached hydrogens (tertiary/aromatic N) is 1. The summed E-state index contributed by atoms with van der Waals surface area (Å²) >= 11 is 0. The highest BCUT2D eigenvalue weighted by Gasteiger charge is 2.50. The van der Waals surface area contributed by atoms with E-state index in [0.29, 0.717) is 23.7 Å². The molecule has 5 nitrogen and oxygen atoms in total. The number of hydrogen-bond donors (Lipinski definition) is 1. The summed E-state index contributed by atoms with van der Waals surface area (Å²) < 4.78 is 0. The summed E-state index contributed by atoms with van der Waals surface area (Å²) in [5, 5.41) is 2.86. The minimum atomic E-state index is -0.223. The number of carbonyl (C=O) groups excluding carboxylic acids is 3. The molecule has 3 rings (SSSR count). The van der Waals surface area contributed by atoms with Gasteiger partial charge in [0.15, 0.2) is 5.78 Å². The number of Topliss-reactive ketones (excluding diaryl/α,β-unsaturated/α-hetero) is 1. The fourth-order valence-corrected chi connectivity index (χ4v) is 3.71. The molecule has 1 aliphatic carbocycles. The predicted octanol–water partition coefficient (Wildman–Crippen LogP) is 3.25. The molecule has 1 heterocycles. The first-order valence-corrected chi connectivity index (χ1v) is 9.23. The van der Waals surface area contributed by atoms with Crippen molar-refractivity contribution in [3.8, 4) is 0 Å². The van der Waals surface area contributed by atoms with Crippen molar-refractivity contribution in [2.24, 2.45) is 11.8 Å². The molecule has 2 amide bonds. The van der Waals surface area contributed by atoms with Gasteiger partial charge >= 0.3 is 0 Å². The minimum Gasteiger partial charge on any atom is -0.339 e. The Balaban J connectivity index is 1.56. The first-order chi connectivity index (χ1) is 12.0. The molecule has 1 aromatic carbocycles. The van der Waals surface area contributed by atoms with Gasteiger partial charge in [0.05, 0.1) is 11.8 Å². The Labute approximate surface area is 148 Å². The van der Waals surface area contributed by atoms with Crippen molar-refractivity contribution in [3.05, 3.63) is 29.8 Å². The summed E-state index contributed by atoms with van der Waals surface area (Å²) in [5.41, 5.74) is 1.28. The van der Waals surface area contributed by atoms with Gasteiger partial charge in [-0.3, -0.25) is 14.4 Å². The number of nitrogens with one attached hydrogen (secondary N) is 1. The van der Waals surface area contributed by atoms with Gasteiger partial charge in [-0.1, -0.05) is 6.92 Å². The summed E-state index contributed by atoms with van der Waals surface area (Å²) in [6.45, 7) is 4.46. The van der Waals surface area contributed by atoms with Crippen LogP contribution < -0.4 is 5.32 Å². The summed E-state index contributed by atoms with van der Waals surface area (Å²) in [4.78, 5) is 38.4. The van der Waals surface area contributed by atoms with Gasteiger partial charge in [0, 0.05) is 23.8 Å². The lowest BCUT2D eigenvalue weighted by molar-refractivity contribution is -0.137. The summed E-state index contributed by atoms with van der Waals surface area (Å²) in [5.74, 6) is -0.335. The molecule has 2 aliphatic rings. The van der Waals surface area contributed by atoms with Crippen molar-refractivity contribution in [1.29, 1.82) is 0 Å². The summed E-state index contributed by atoms with van der Waals surface area (Å²) in [6, 6.07) is 7.20. The van der Waals surface area contributed by atoms with Crippen molar-refractivity contribution >= 4 is 23.3 Å². The maximum absolute atomic E-state index is 12.7. The highest BCUT2D eigenvalue weighted by atomic mass is 16.2. The summed E-state index contributed by atoms with van der Waals surface area (Å²) in [6.07, 6.45) is 4.96. The maximum Gasteiger partial charge on any atom is 0.228 e. The number of ketones is 1. The Bertz CT molecular complexity index is 668. The molecule has 134 valence electrons. The molecule has 0 spiro atoms. The first-order valence-electron chi connectivity index (χ1n) is 9.23. The van der Waals surface area contributed by atoms with Crippen LogP contribution in [0.25, 0.3) is 0 Å². The zero-order valence-electron chi connectivity index (χ0n) is 15.0. The molecule has 25 heavy (non-hydrogen) atoms. The number of benzene rings is 1. The fourth-order valence-electron chi connectivity index (χ4n) is 3.71. The van der Waals surface area contributed by atoms with E-state index < -0.39 is 0 Å². The van der Waals surface area contributed by atoms with Crippen LogP contribution >= 0.6 is 0 Å². The zero-order valence-corrected chi connectivity index (χ0v) is 15.0. The SMILES string of the molecule is CCC1CCCCN1C(=O)C1CC1C(=O)Nc1ccc(C(C)=O)cc1. The van der Waals surface area contributed by atoms with Crippen molar-refractivity contribution in [1.82, 2.24) is 4.90 Å². The molecule has 1 saturated heterocycles. The third-order valence-corrected chi connectivity index (χ3v) is 5.38. The van der Waals surface area contributed by atoms with Gasteiger partial charge in [0.1, 0.15) is 0 Å². The van der Waals surface area contributed by atoms with Crippen LogP contribution in [0, 0.1) is 11.8 Å². The molecule has 1 aromatic rings. The number of anilines is 1. The van der Waals surface area contributed by atoms with Crippen molar-refractivity contribution in [3.63, 3.8) is 0 Å². The normalized spacial score (nSPS) is 25.4. The molecule has 3 atom stereocenters. The van der Waals surface area contributed by atoms with E-state index in [-0.39, 0.29) is 29.4 Å². The van der Waals surface area contributed by atoms with Gasteiger partial charge in [0.25, 0.3) is 0 Å². The largest absolute Gasteiger partial charge is 0.339 e. The van der Waals surface area contributed by atoms with E-state index in [1.807, 2.05) is 4.90 Å². The number of hydrogen-bond acceptors (Lipinski definition) is 3. The monoisotopic (exact) mass is 342 g/mol. The van der Waals surface area contributed by atoms with Gasteiger partial charge in [0.2, 0.25) is 11.8 Å². The van der Waals surface area contributed by atoms with E-state index in [4.69, 9.17) is 0 Å². The second-order valence-corrected chi connectivity index (χ2v) is 7.16. The molecule has 1 N–H and O–H groups in total. The van der Waals surface area contributed by atoms with Crippen LogP contribution in [0.15, 0.2) is 24.3 Å². The number of amides is 2. The first kappa shape index (κ1) is 17.6. The van der Waals surface area contributed by atoms with E-state index in [1.165, 1.54) is 13.3 Å². The fraction of sp³-hybridized carbons (Fsp3) is 0.550. The van der Waals surface area contributed by atoms with E-state index in [9.17, 15) is 14.4 Å². The lowest BCUT2D eigenvalue weighted by Gasteiger charge is -2.35. The quantitative estimate of drug-likeness (QED) is 0.835. The van der Waals surface area contributed by atoms with Crippen molar-refractivity contribution in [2.45, 2.75) is 52.0 Å². The Morgan fingerprint density at radius 1 is 1.12 bits per heavy atom. The van der Waals surface area contributed by atoms with Crippen molar-refractivity contribution in [2.75, 3.05) is 11.9 Å². The van der Waals surface area contributed by atoms with Crippen LogP contribution in [0.3, 0.4) is 0 Å². The number of piperidine rings is 1. The van der Waals surface area contributed by atoms with Crippen molar-refractivity contribution < 1.29 is 14.4 Å². The molecule has 0 bridgehead atoms. The van der Waals surface area contributed by atoms with Gasteiger partial charge in [-0.25, -0.2) is 0 Å². The number of rotatable bonds is 5. The molecule has 2 fully saturated rings. The second-order valence-electron chi connectivity index (χ2n) is 7.16. The average molecular weight is 342 g/mol. The molecule has 5 heteroatoms. The van der Waals surface area contributed by atoms with E-state index in [1.54, 1.807) is 24.3 Å². The van der Waals surface area contributed by atoms with Gasteiger partial charge < -0.3 is 10.2 Å². The molecular formula is C20H26N2O3. The van der Waals surface area contributed by atoms with E-state index in [0.717, 1.165) is 25.8 Å². The smallest absolute Gasteiger partial charge is 0.228 e. The molecule has 1 aliphatic heterocycles. The molecule has 0 aromatic heterocycles. The van der Waals surface area contributed by atoms with E-state index in [2.05, 4.69) is 12.2 Å². The third-order valence-electron chi connectivity index (χ3n) is 5.38. The molecule has 3 unspecified atom stereocenters. The lowest BCUT2D eigenvalue weighted by atomic mass is 9.99. The standard InChI is InChI=1S/C20H26N2O3/c1-3-16-6-4-5-11-22(16)20(25)18-12-17(18)19(24)21-15-9-7-14(8-10-15)13(2)23/h7-10,16-18H,3-6,11-12H2,1-2H3,(H,21,24). The zero-order chi connectivity index (χ0) is 18.0. The Morgan fingerprint density at radius 3 is 2.48 bits per heavy atom. The third kappa shape index (κ3) is 3.91. The van der Waals surface area contributed by atoms with Gasteiger partial charge in [-0.15, -0.1) is 0 Å². The molecule has 0 radical (unpaired) electrons. The molecule has 1 saturated carbocycles. The topological polar surface area (TPSA) is 66.5 Å². The van der Waals surface area contributed by atoms with Crippen LogP contribution in [0.2, 0.25) is 0 Å². The minimum absolute atomic E-state index is 0.00209. The van der Waals surface area contributed by atoms with E-state index >= 15 is 0 Å². The van der Waals surface area contributed by atoms with Crippen LogP contribution in [-0.4, -0.2) is 35.1 Å². The summed E-state index contributed by atoms with van der Waals surface area (Å²) in [7, 11) is 0. The predicted molar refractivity (Wildman–Crippen MR) is 96.3 cm³/mol. The van der Waals surface area contributed by atoms with Crippen LogP contribution in [0.5, 0.6) is 0 Å². The van der Waals surface area contributed by atoms with Gasteiger partial charge in [-0.05, 0) is 63.3 Å². The lowest BCUT2D eigenvalue weighted by Crippen LogP contribution is -2.44. The van der Waals surface area contributed by atoms with Crippen LogP contribution in [-0.2, 0) is 9.59 Å². The Morgan fingerprint density at radius 2 is 1.84 bits per heavy atom. The van der Waals surface area contributed by atoms with Crippen LogP contribution in [0.1, 0.15) is 56.3 Å². The maximum atomic E-state index is 12.7. The average Bonchev–Trinajstić information content (AvgIpc) is 3.42. The van der Waals surface area contributed by atoms with Crippen LogP contribution in [0.4, 0.5) is 5.69 Å².